The first-order chi connectivity index (χ1) is 8.95. The molecule has 0 aliphatic heterocycles. The van der Waals surface area contributed by atoms with Crippen molar-refractivity contribution in [3.8, 4) is 0 Å². The molecule has 0 N–H and O–H groups in total. The third-order valence-corrected chi connectivity index (χ3v) is 3.93. The van der Waals surface area contributed by atoms with Gasteiger partial charge in [0.1, 0.15) is 0 Å². The molecule has 0 aliphatic rings. The number of carbonyl (C=O) groups is 1. The SMILES string of the molecule is CCOC(=O)/C=C/C=C/S(=O)(=O)c1cccc(Br)c1. The van der Waals surface area contributed by atoms with Gasteiger partial charge < -0.3 is 4.74 Å². The second kappa shape index (κ2) is 7.25. The maximum absolute atomic E-state index is 11.9. The van der Waals surface area contributed by atoms with Gasteiger partial charge in [0.25, 0.3) is 0 Å². The molecule has 0 unspecified atom stereocenters. The Balaban J connectivity index is 2.78. The lowest BCUT2D eigenvalue weighted by Gasteiger charge is -1.98. The maximum atomic E-state index is 11.9. The van der Waals surface area contributed by atoms with E-state index < -0.39 is 15.8 Å². The van der Waals surface area contributed by atoms with Gasteiger partial charge in [0.2, 0.25) is 0 Å². The topological polar surface area (TPSA) is 60.4 Å². The van der Waals surface area contributed by atoms with Crippen LogP contribution >= 0.6 is 15.9 Å². The molecule has 0 radical (unpaired) electrons. The lowest BCUT2D eigenvalue weighted by atomic mass is 10.4. The van der Waals surface area contributed by atoms with Crippen molar-refractivity contribution in [3.63, 3.8) is 0 Å². The van der Waals surface area contributed by atoms with E-state index in [9.17, 15) is 13.2 Å². The molecule has 4 nitrogen and oxygen atoms in total. The molecule has 0 heterocycles. The molecule has 19 heavy (non-hydrogen) atoms. The van der Waals surface area contributed by atoms with Gasteiger partial charge in [-0.15, -0.1) is 0 Å². The zero-order valence-corrected chi connectivity index (χ0v) is 12.6. The fourth-order valence-electron chi connectivity index (χ4n) is 1.20. The monoisotopic (exact) mass is 344 g/mol. The highest BCUT2D eigenvalue weighted by molar-refractivity contribution is 9.10. The summed E-state index contributed by atoms with van der Waals surface area (Å²) in [7, 11) is -3.51. The molecule has 0 aromatic heterocycles. The van der Waals surface area contributed by atoms with E-state index in [2.05, 4.69) is 20.7 Å². The molecule has 6 heteroatoms. The summed E-state index contributed by atoms with van der Waals surface area (Å²) >= 11 is 3.21. The van der Waals surface area contributed by atoms with E-state index in [1.807, 2.05) is 0 Å². The number of sulfone groups is 1. The summed E-state index contributed by atoms with van der Waals surface area (Å²) in [5, 5.41) is 1.03. The minimum absolute atomic E-state index is 0.183. The number of benzene rings is 1. The second-order valence-corrected chi connectivity index (χ2v) is 6.19. The number of hydrogen-bond donors (Lipinski definition) is 0. The highest BCUT2D eigenvalue weighted by atomic mass is 79.9. The van der Waals surface area contributed by atoms with E-state index in [0.29, 0.717) is 4.47 Å². The molecule has 0 spiro atoms. The van der Waals surface area contributed by atoms with Crippen LogP contribution in [0.1, 0.15) is 6.92 Å². The lowest BCUT2D eigenvalue weighted by Crippen LogP contribution is -1.98. The Morgan fingerprint density at radius 3 is 2.74 bits per heavy atom. The van der Waals surface area contributed by atoms with Gasteiger partial charge in [0.05, 0.1) is 11.5 Å². The quantitative estimate of drug-likeness (QED) is 0.468. The number of rotatable bonds is 5. The summed E-state index contributed by atoms with van der Waals surface area (Å²) in [5.74, 6) is -0.507. The van der Waals surface area contributed by atoms with Crippen LogP contribution in [0, 0.1) is 0 Å². The maximum Gasteiger partial charge on any atom is 0.330 e. The Hall–Kier alpha value is -1.40. The van der Waals surface area contributed by atoms with Crippen molar-refractivity contribution in [1.82, 2.24) is 0 Å². The van der Waals surface area contributed by atoms with Gasteiger partial charge in [-0.2, -0.15) is 0 Å². The van der Waals surface area contributed by atoms with Crippen LogP contribution in [0.25, 0.3) is 0 Å². The average molecular weight is 345 g/mol. The molecule has 0 fully saturated rings. The van der Waals surface area contributed by atoms with Crippen molar-refractivity contribution in [2.24, 2.45) is 0 Å². The molecule has 0 aliphatic carbocycles. The molecule has 0 bridgehead atoms. The first-order valence-corrected chi connectivity index (χ1v) is 7.82. The zero-order valence-electron chi connectivity index (χ0n) is 10.2. The van der Waals surface area contributed by atoms with Crippen LogP contribution in [-0.2, 0) is 19.4 Å². The summed E-state index contributed by atoms with van der Waals surface area (Å²) < 4.78 is 29.1. The van der Waals surface area contributed by atoms with Crippen molar-refractivity contribution in [2.45, 2.75) is 11.8 Å². The number of halogens is 1. The van der Waals surface area contributed by atoms with Crippen LogP contribution < -0.4 is 0 Å². The normalized spacial score (nSPS) is 12.1. The summed E-state index contributed by atoms with van der Waals surface area (Å²) in [6, 6.07) is 6.39. The minimum atomic E-state index is -3.51. The highest BCUT2D eigenvalue weighted by Gasteiger charge is 2.09. The summed E-state index contributed by atoms with van der Waals surface area (Å²) in [5.41, 5.74) is 0. The molecule has 102 valence electrons. The van der Waals surface area contributed by atoms with Gasteiger partial charge in [-0.3, -0.25) is 0 Å². The molecular formula is C13H13BrO4S. The molecular weight excluding hydrogens is 332 g/mol. The van der Waals surface area contributed by atoms with Gasteiger partial charge in [0.15, 0.2) is 9.84 Å². The Bertz CT molecular complexity index is 603. The molecule has 0 atom stereocenters. The molecule has 0 amide bonds. The predicted octanol–water partition coefficient (Wildman–Crippen LogP) is 2.86. The standard InChI is InChI=1S/C13H13BrO4S/c1-2-18-13(15)8-3-4-9-19(16,17)12-7-5-6-11(14)10-12/h3-10H,2H2,1H3/b8-3+,9-4+. The molecule has 0 saturated carbocycles. The van der Waals surface area contributed by atoms with Crippen molar-refractivity contribution < 1.29 is 17.9 Å². The highest BCUT2D eigenvalue weighted by Crippen LogP contribution is 2.17. The van der Waals surface area contributed by atoms with E-state index in [-0.39, 0.29) is 11.5 Å². The smallest absolute Gasteiger partial charge is 0.330 e. The summed E-state index contributed by atoms with van der Waals surface area (Å²) in [6.45, 7) is 1.97. The summed E-state index contributed by atoms with van der Waals surface area (Å²) in [6.07, 6.45) is 3.77. The lowest BCUT2D eigenvalue weighted by molar-refractivity contribution is -0.137. The van der Waals surface area contributed by atoms with Crippen LogP contribution in [0.15, 0.2) is 57.3 Å². The van der Waals surface area contributed by atoms with Crippen molar-refractivity contribution in [3.05, 3.63) is 52.4 Å². The number of esters is 1. The van der Waals surface area contributed by atoms with Gasteiger partial charge >= 0.3 is 5.97 Å². The van der Waals surface area contributed by atoms with E-state index in [1.54, 1.807) is 19.1 Å². The molecule has 0 saturated heterocycles. The van der Waals surface area contributed by atoms with Gasteiger partial charge in [-0.1, -0.05) is 34.1 Å². The molecule has 1 rings (SSSR count). The summed E-state index contributed by atoms with van der Waals surface area (Å²) in [4.78, 5) is 11.2. The van der Waals surface area contributed by atoms with Crippen LogP contribution in [0.5, 0.6) is 0 Å². The number of hydrogen-bond acceptors (Lipinski definition) is 4. The Kier molecular flexibility index (Phi) is 5.98. The Morgan fingerprint density at radius 1 is 1.37 bits per heavy atom. The van der Waals surface area contributed by atoms with Gasteiger partial charge in [0, 0.05) is 16.0 Å². The van der Waals surface area contributed by atoms with Crippen molar-refractivity contribution in [1.29, 1.82) is 0 Å². The van der Waals surface area contributed by atoms with Gasteiger partial charge in [-0.05, 0) is 25.1 Å². The van der Waals surface area contributed by atoms with Gasteiger partial charge in [-0.25, -0.2) is 13.2 Å². The number of allylic oxidation sites excluding steroid dienone is 2. The minimum Gasteiger partial charge on any atom is -0.463 e. The van der Waals surface area contributed by atoms with Crippen LogP contribution in [0.3, 0.4) is 0 Å². The largest absolute Gasteiger partial charge is 0.463 e. The fraction of sp³-hybridized carbons (Fsp3) is 0.154. The molecule has 1 aromatic carbocycles. The molecule has 1 aromatic rings. The first-order valence-electron chi connectivity index (χ1n) is 5.48. The van der Waals surface area contributed by atoms with E-state index in [0.717, 1.165) is 11.5 Å². The van der Waals surface area contributed by atoms with Crippen LogP contribution in [0.2, 0.25) is 0 Å². The number of carbonyl (C=O) groups excluding carboxylic acids is 1. The second-order valence-electron chi connectivity index (χ2n) is 3.44. The zero-order chi connectivity index (χ0) is 14.3. The fourth-order valence-corrected chi connectivity index (χ4v) is 2.76. The van der Waals surface area contributed by atoms with E-state index in [1.165, 1.54) is 24.3 Å². The Labute approximate surface area is 120 Å². The van der Waals surface area contributed by atoms with Crippen molar-refractivity contribution in [2.75, 3.05) is 6.61 Å². The first kappa shape index (κ1) is 15.7. The Morgan fingerprint density at radius 2 is 2.11 bits per heavy atom. The number of ether oxygens (including phenoxy) is 1. The third-order valence-electron chi connectivity index (χ3n) is 2.01. The predicted molar refractivity (Wildman–Crippen MR) is 76.2 cm³/mol. The van der Waals surface area contributed by atoms with E-state index >= 15 is 0 Å². The third kappa shape index (κ3) is 5.40. The van der Waals surface area contributed by atoms with Crippen LogP contribution in [-0.4, -0.2) is 21.0 Å². The van der Waals surface area contributed by atoms with Crippen molar-refractivity contribution >= 4 is 31.7 Å². The average Bonchev–Trinajstić information content (AvgIpc) is 2.35. The van der Waals surface area contributed by atoms with Crippen LogP contribution in [0.4, 0.5) is 0 Å². The van der Waals surface area contributed by atoms with E-state index in [4.69, 9.17) is 0 Å².